The molecule has 1 aromatic heterocycles. The SMILES string of the molecule is COc1ccc2c(c1)[C@]1(C[C@H]1c1ccc3c(Nc4cc(F)c(C(=O)N5CCOCC5)cc4OC)n[nH]c3c1)C(=O)N2. The molecule has 2 amide bonds. The summed E-state index contributed by atoms with van der Waals surface area (Å²) in [6.45, 7) is 1.68. The van der Waals surface area contributed by atoms with E-state index in [2.05, 4.69) is 20.8 Å². The second-order valence-electron chi connectivity index (χ2n) is 10.5. The predicted octanol–water partition coefficient (Wildman–Crippen LogP) is 4.31. The van der Waals surface area contributed by atoms with E-state index in [9.17, 15) is 9.59 Å². The van der Waals surface area contributed by atoms with Gasteiger partial charge in [0.05, 0.1) is 49.6 Å². The number of methoxy groups -OCH3 is 2. The molecule has 10 nitrogen and oxygen atoms in total. The Labute approximate surface area is 234 Å². The molecule has 1 spiro atoms. The van der Waals surface area contributed by atoms with E-state index in [-0.39, 0.29) is 17.4 Å². The van der Waals surface area contributed by atoms with Crippen molar-refractivity contribution in [3.05, 3.63) is 71.0 Å². The molecular formula is C30H28FN5O5. The predicted molar refractivity (Wildman–Crippen MR) is 150 cm³/mol. The fourth-order valence-electron chi connectivity index (χ4n) is 6.10. The van der Waals surface area contributed by atoms with Crippen molar-refractivity contribution in [3.8, 4) is 11.5 Å². The molecule has 41 heavy (non-hydrogen) atoms. The van der Waals surface area contributed by atoms with Crippen LogP contribution in [0.2, 0.25) is 0 Å². The topological polar surface area (TPSA) is 118 Å². The number of amides is 2. The zero-order valence-electron chi connectivity index (χ0n) is 22.5. The summed E-state index contributed by atoms with van der Waals surface area (Å²) >= 11 is 0. The van der Waals surface area contributed by atoms with Crippen LogP contribution >= 0.6 is 0 Å². The Balaban J connectivity index is 1.15. The van der Waals surface area contributed by atoms with E-state index in [1.807, 2.05) is 36.4 Å². The number of nitrogens with zero attached hydrogens (tertiary/aromatic N) is 2. The lowest BCUT2D eigenvalue weighted by molar-refractivity contribution is -0.118. The fraction of sp³-hybridized carbons (Fsp3) is 0.300. The zero-order valence-corrected chi connectivity index (χ0v) is 22.5. The smallest absolute Gasteiger partial charge is 0.257 e. The van der Waals surface area contributed by atoms with Crippen LogP contribution in [0.4, 0.5) is 21.6 Å². The highest BCUT2D eigenvalue weighted by atomic mass is 19.1. The number of H-pyrrole nitrogens is 1. The van der Waals surface area contributed by atoms with Gasteiger partial charge in [-0.05, 0) is 53.9 Å². The van der Waals surface area contributed by atoms with E-state index in [4.69, 9.17) is 14.2 Å². The van der Waals surface area contributed by atoms with Crippen LogP contribution in [0, 0.1) is 5.82 Å². The largest absolute Gasteiger partial charge is 0.497 e. The molecule has 3 N–H and O–H groups in total. The van der Waals surface area contributed by atoms with Gasteiger partial charge in [-0.2, -0.15) is 5.10 Å². The molecule has 1 aliphatic carbocycles. The summed E-state index contributed by atoms with van der Waals surface area (Å²) in [5.41, 5.74) is 3.26. The van der Waals surface area contributed by atoms with Crippen molar-refractivity contribution in [2.45, 2.75) is 17.8 Å². The Morgan fingerprint density at radius 2 is 1.95 bits per heavy atom. The lowest BCUT2D eigenvalue weighted by Crippen LogP contribution is -2.41. The normalized spacial score (nSPS) is 21.1. The molecule has 2 atom stereocenters. The average Bonchev–Trinajstić information content (AvgIpc) is 3.55. The Hall–Kier alpha value is -4.64. The number of hydrogen-bond acceptors (Lipinski definition) is 7. The van der Waals surface area contributed by atoms with Crippen molar-refractivity contribution >= 4 is 39.9 Å². The molecule has 3 aromatic carbocycles. The van der Waals surface area contributed by atoms with Crippen LogP contribution in [-0.4, -0.2) is 67.4 Å². The molecule has 7 rings (SSSR count). The van der Waals surface area contributed by atoms with Crippen LogP contribution in [0.5, 0.6) is 11.5 Å². The van der Waals surface area contributed by atoms with E-state index >= 15 is 4.39 Å². The van der Waals surface area contributed by atoms with Crippen molar-refractivity contribution in [1.29, 1.82) is 0 Å². The molecule has 2 aliphatic heterocycles. The molecule has 2 fully saturated rings. The summed E-state index contributed by atoms with van der Waals surface area (Å²) in [6.07, 6.45) is 0.704. The van der Waals surface area contributed by atoms with Crippen LogP contribution in [0.25, 0.3) is 10.9 Å². The number of aromatic nitrogens is 2. The maximum Gasteiger partial charge on any atom is 0.257 e. The van der Waals surface area contributed by atoms with Gasteiger partial charge in [0.1, 0.15) is 17.3 Å². The Morgan fingerprint density at radius 1 is 1.12 bits per heavy atom. The minimum Gasteiger partial charge on any atom is -0.497 e. The number of halogens is 1. The third kappa shape index (κ3) is 3.99. The van der Waals surface area contributed by atoms with Gasteiger partial charge in [0.25, 0.3) is 5.91 Å². The van der Waals surface area contributed by atoms with Crippen molar-refractivity contribution in [2.75, 3.05) is 51.2 Å². The van der Waals surface area contributed by atoms with Crippen molar-refractivity contribution < 1.29 is 28.2 Å². The van der Waals surface area contributed by atoms with Crippen LogP contribution in [0.1, 0.15) is 33.8 Å². The number of rotatable bonds is 6. The van der Waals surface area contributed by atoms with E-state index < -0.39 is 17.1 Å². The lowest BCUT2D eigenvalue weighted by Gasteiger charge is -2.27. The van der Waals surface area contributed by atoms with Gasteiger partial charge in [0.2, 0.25) is 5.91 Å². The number of carbonyl (C=O) groups excluding carboxylic acids is 2. The molecule has 210 valence electrons. The van der Waals surface area contributed by atoms with Gasteiger partial charge in [0, 0.05) is 36.1 Å². The van der Waals surface area contributed by atoms with Crippen LogP contribution in [-0.2, 0) is 14.9 Å². The minimum atomic E-state index is -0.655. The van der Waals surface area contributed by atoms with Crippen molar-refractivity contribution in [1.82, 2.24) is 15.1 Å². The average molecular weight is 558 g/mol. The summed E-state index contributed by atoms with van der Waals surface area (Å²) < 4.78 is 31.3. The molecule has 11 heteroatoms. The number of benzene rings is 3. The van der Waals surface area contributed by atoms with Crippen LogP contribution in [0.15, 0.2) is 48.5 Å². The summed E-state index contributed by atoms with van der Waals surface area (Å²) in [7, 11) is 3.08. The molecule has 1 saturated carbocycles. The number of nitrogens with one attached hydrogen (secondary N) is 3. The van der Waals surface area contributed by atoms with E-state index in [1.165, 1.54) is 19.2 Å². The molecule has 1 saturated heterocycles. The maximum absolute atomic E-state index is 15.1. The van der Waals surface area contributed by atoms with Crippen molar-refractivity contribution in [2.24, 2.45) is 0 Å². The second kappa shape index (κ2) is 9.48. The first kappa shape index (κ1) is 25.3. The second-order valence-corrected chi connectivity index (χ2v) is 10.5. The number of fused-ring (bicyclic) bond motifs is 3. The molecule has 0 radical (unpaired) electrons. The van der Waals surface area contributed by atoms with Gasteiger partial charge >= 0.3 is 0 Å². The third-order valence-corrected chi connectivity index (χ3v) is 8.38. The highest BCUT2D eigenvalue weighted by molar-refractivity contribution is 6.10. The Morgan fingerprint density at radius 3 is 2.73 bits per heavy atom. The van der Waals surface area contributed by atoms with Gasteiger partial charge in [-0.25, -0.2) is 4.39 Å². The number of hydrogen-bond donors (Lipinski definition) is 3. The Bertz CT molecular complexity index is 1720. The first-order valence-electron chi connectivity index (χ1n) is 13.4. The maximum atomic E-state index is 15.1. The highest BCUT2D eigenvalue weighted by Crippen LogP contribution is 2.65. The number of ether oxygens (including phenoxy) is 3. The molecule has 3 aliphatic rings. The third-order valence-electron chi connectivity index (χ3n) is 8.38. The number of aromatic amines is 1. The molecular weight excluding hydrogens is 529 g/mol. The van der Waals surface area contributed by atoms with Crippen molar-refractivity contribution in [3.63, 3.8) is 0 Å². The summed E-state index contributed by atoms with van der Waals surface area (Å²) in [6, 6.07) is 14.3. The summed E-state index contributed by atoms with van der Waals surface area (Å²) in [5, 5.41) is 14.4. The number of carbonyl (C=O) groups is 2. The fourth-order valence-corrected chi connectivity index (χ4v) is 6.10. The van der Waals surface area contributed by atoms with Gasteiger partial charge in [-0.3, -0.25) is 14.7 Å². The quantitative estimate of drug-likeness (QED) is 0.323. The van der Waals surface area contributed by atoms with Gasteiger partial charge in [-0.15, -0.1) is 0 Å². The number of morpholine rings is 1. The summed E-state index contributed by atoms with van der Waals surface area (Å²) in [4.78, 5) is 27.5. The highest BCUT2D eigenvalue weighted by Gasteiger charge is 2.65. The molecule has 0 bridgehead atoms. The van der Waals surface area contributed by atoms with Gasteiger partial charge < -0.3 is 29.7 Å². The van der Waals surface area contributed by atoms with E-state index in [0.717, 1.165) is 33.5 Å². The van der Waals surface area contributed by atoms with E-state index in [0.29, 0.717) is 50.0 Å². The lowest BCUT2D eigenvalue weighted by atomic mass is 9.91. The zero-order chi connectivity index (χ0) is 28.3. The Kier molecular flexibility index (Phi) is 5.86. The standard InChI is InChI=1S/C30H28FN5O5/c1-39-17-4-6-23-20(12-17)30(29(38)33-23)15-21(30)16-3-5-18-24(11-16)34-35-27(18)32-25-14-22(31)19(13-26(25)40-2)28(37)36-7-9-41-10-8-36/h3-6,11-14,21H,7-10,15H2,1-2H3,(H,33,38)(H2,32,34,35)/t21-,30-/m0/s1. The summed E-state index contributed by atoms with van der Waals surface area (Å²) in [5.74, 6) is 0.484. The van der Waals surface area contributed by atoms with Gasteiger partial charge in [0.15, 0.2) is 5.82 Å². The minimum absolute atomic E-state index is 0.00230. The monoisotopic (exact) mass is 557 g/mol. The van der Waals surface area contributed by atoms with Gasteiger partial charge in [-0.1, -0.05) is 6.07 Å². The van der Waals surface area contributed by atoms with Crippen LogP contribution in [0.3, 0.4) is 0 Å². The molecule has 3 heterocycles. The molecule has 0 unspecified atom stereocenters. The first-order valence-corrected chi connectivity index (χ1v) is 13.4. The molecule has 4 aromatic rings. The van der Waals surface area contributed by atoms with E-state index in [1.54, 1.807) is 12.0 Å². The van der Waals surface area contributed by atoms with Crippen LogP contribution < -0.4 is 20.1 Å². The first-order chi connectivity index (χ1) is 19.9. The number of anilines is 3.